The monoisotopic (exact) mass is 470 g/mol. The minimum atomic E-state index is 0.0907. The van der Waals surface area contributed by atoms with Crippen molar-refractivity contribution in [2.75, 3.05) is 24.7 Å². The molecule has 0 aliphatic rings. The number of thioether (sulfide) groups is 1. The molecule has 0 saturated carbocycles. The lowest BCUT2D eigenvalue weighted by molar-refractivity contribution is 0.235. The molecular formula is C30H46O2S. The largest absolute Gasteiger partial charge is 0.396 e. The van der Waals surface area contributed by atoms with Gasteiger partial charge in [0.15, 0.2) is 0 Å². The van der Waals surface area contributed by atoms with Gasteiger partial charge in [0.25, 0.3) is 0 Å². The molecule has 0 aromatic heterocycles. The summed E-state index contributed by atoms with van der Waals surface area (Å²) >= 11 is 2.10. The zero-order chi connectivity index (χ0) is 23.8. The Hall–Kier alpha value is -1.29. The van der Waals surface area contributed by atoms with Gasteiger partial charge in [-0.15, -0.1) is 0 Å². The molecule has 2 atom stereocenters. The van der Waals surface area contributed by atoms with Gasteiger partial charge in [-0.25, -0.2) is 0 Å². The first-order chi connectivity index (χ1) is 16.0. The van der Waals surface area contributed by atoms with Gasteiger partial charge in [-0.1, -0.05) is 100 Å². The maximum Gasteiger partial charge on any atom is 0.0439 e. The second-order valence-corrected chi connectivity index (χ2v) is 11.3. The van der Waals surface area contributed by atoms with Crippen LogP contribution in [0.2, 0.25) is 0 Å². The molecule has 0 saturated heterocycles. The van der Waals surface area contributed by atoms with Gasteiger partial charge in [-0.05, 0) is 72.0 Å². The van der Waals surface area contributed by atoms with Crippen molar-refractivity contribution in [3.63, 3.8) is 0 Å². The Morgan fingerprint density at radius 1 is 0.545 bits per heavy atom. The molecule has 2 aromatic carbocycles. The minimum absolute atomic E-state index is 0.0907. The smallest absolute Gasteiger partial charge is 0.0439 e. The molecule has 2 unspecified atom stereocenters. The fourth-order valence-corrected chi connectivity index (χ4v) is 5.92. The molecule has 0 radical (unpaired) electrons. The average molecular weight is 471 g/mol. The first-order valence-electron chi connectivity index (χ1n) is 12.9. The molecule has 0 amide bonds. The van der Waals surface area contributed by atoms with Crippen LogP contribution in [0.4, 0.5) is 0 Å². The third-order valence-corrected chi connectivity index (χ3v) is 8.46. The number of hydrogen-bond donors (Lipinski definition) is 2. The maximum absolute atomic E-state index is 9.54. The van der Waals surface area contributed by atoms with E-state index in [1.165, 1.54) is 61.2 Å². The van der Waals surface area contributed by atoms with Gasteiger partial charge in [0, 0.05) is 13.2 Å². The van der Waals surface area contributed by atoms with Gasteiger partial charge in [0.2, 0.25) is 0 Å². The van der Waals surface area contributed by atoms with Crippen molar-refractivity contribution in [3.05, 3.63) is 71.8 Å². The van der Waals surface area contributed by atoms with E-state index in [0.717, 1.165) is 25.7 Å². The number of benzene rings is 2. The molecule has 0 heterocycles. The van der Waals surface area contributed by atoms with Crippen molar-refractivity contribution < 1.29 is 10.2 Å². The van der Waals surface area contributed by atoms with Crippen LogP contribution in [0.15, 0.2) is 60.7 Å². The van der Waals surface area contributed by atoms with Crippen LogP contribution in [0.3, 0.4) is 0 Å². The van der Waals surface area contributed by atoms with E-state index in [1.807, 2.05) is 0 Å². The summed E-state index contributed by atoms with van der Waals surface area (Å²) < 4.78 is 0. The lowest BCUT2D eigenvalue weighted by Gasteiger charge is -2.30. The van der Waals surface area contributed by atoms with E-state index in [-0.39, 0.29) is 24.0 Å². The topological polar surface area (TPSA) is 40.5 Å². The Morgan fingerprint density at radius 2 is 0.939 bits per heavy atom. The van der Waals surface area contributed by atoms with Gasteiger partial charge < -0.3 is 10.2 Å². The molecular weight excluding hydrogens is 424 g/mol. The molecule has 3 heteroatoms. The summed E-state index contributed by atoms with van der Waals surface area (Å²) in [6.07, 6.45) is 11.6. The number of unbranched alkanes of at least 4 members (excludes halogenated alkanes) is 4. The van der Waals surface area contributed by atoms with E-state index in [9.17, 15) is 10.2 Å². The molecule has 0 fully saturated rings. The van der Waals surface area contributed by atoms with Gasteiger partial charge in [0.05, 0.1) is 0 Å². The SMILES string of the molecule is CC(CCO)(CCCCCSCCCCCC(C)(CCO)c1ccccc1)c1ccccc1. The molecule has 0 aliphatic heterocycles. The third kappa shape index (κ3) is 9.84. The van der Waals surface area contributed by atoms with Crippen LogP contribution < -0.4 is 0 Å². The van der Waals surface area contributed by atoms with E-state index in [4.69, 9.17) is 0 Å². The van der Waals surface area contributed by atoms with E-state index < -0.39 is 0 Å². The molecule has 184 valence electrons. The van der Waals surface area contributed by atoms with Crippen LogP contribution in [-0.4, -0.2) is 34.9 Å². The van der Waals surface area contributed by atoms with Crippen molar-refractivity contribution in [2.45, 2.75) is 88.9 Å². The lowest BCUT2D eigenvalue weighted by atomic mass is 9.76. The molecule has 2 aromatic rings. The van der Waals surface area contributed by atoms with E-state index in [1.54, 1.807) is 0 Å². The van der Waals surface area contributed by atoms with Crippen LogP contribution in [-0.2, 0) is 10.8 Å². The van der Waals surface area contributed by atoms with Crippen LogP contribution in [0, 0.1) is 0 Å². The Morgan fingerprint density at radius 3 is 1.30 bits per heavy atom. The Bertz CT molecular complexity index is 672. The Kier molecular flexibility index (Phi) is 13.2. The normalized spacial score (nSPS) is 15.2. The molecule has 2 N–H and O–H groups in total. The fourth-order valence-electron chi connectivity index (χ4n) is 4.90. The van der Waals surface area contributed by atoms with Crippen molar-refractivity contribution in [2.24, 2.45) is 0 Å². The third-order valence-electron chi connectivity index (χ3n) is 7.30. The van der Waals surface area contributed by atoms with E-state index in [2.05, 4.69) is 86.3 Å². The van der Waals surface area contributed by atoms with Crippen molar-refractivity contribution in [1.29, 1.82) is 0 Å². The zero-order valence-corrected chi connectivity index (χ0v) is 21.8. The van der Waals surface area contributed by atoms with Crippen LogP contribution in [0.5, 0.6) is 0 Å². The molecule has 0 bridgehead atoms. The molecule has 0 aliphatic carbocycles. The van der Waals surface area contributed by atoms with Gasteiger partial charge in [-0.2, -0.15) is 11.8 Å². The maximum atomic E-state index is 9.54. The van der Waals surface area contributed by atoms with E-state index >= 15 is 0 Å². The molecule has 0 spiro atoms. The highest BCUT2D eigenvalue weighted by Crippen LogP contribution is 2.34. The van der Waals surface area contributed by atoms with Crippen molar-refractivity contribution in [1.82, 2.24) is 0 Å². The highest BCUT2D eigenvalue weighted by Gasteiger charge is 2.26. The predicted octanol–water partition coefficient (Wildman–Crippen LogP) is 7.52. The number of aliphatic hydroxyl groups excluding tert-OH is 2. The second kappa shape index (κ2) is 15.6. The zero-order valence-electron chi connectivity index (χ0n) is 21.0. The molecule has 2 rings (SSSR count). The van der Waals surface area contributed by atoms with Gasteiger partial charge in [0.1, 0.15) is 0 Å². The van der Waals surface area contributed by atoms with Crippen molar-refractivity contribution >= 4 is 11.8 Å². The number of rotatable bonds is 18. The first kappa shape index (κ1) is 28.0. The summed E-state index contributed by atoms with van der Waals surface area (Å²) in [6.45, 7) is 5.12. The Labute approximate surface area is 207 Å². The quantitative estimate of drug-likeness (QED) is 0.221. The predicted molar refractivity (Wildman–Crippen MR) is 145 cm³/mol. The summed E-state index contributed by atoms with van der Waals surface area (Å²) in [4.78, 5) is 0. The van der Waals surface area contributed by atoms with Gasteiger partial charge >= 0.3 is 0 Å². The highest BCUT2D eigenvalue weighted by atomic mass is 32.2. The van der Waals surface area contributed by atoms with Gasteiger partial charge in [-0.3, -0.25) is 0 Å². The fraction of sp³-hybridized carbons (Fsp3) is 0.600. The van der Waals surface area contributed by atoms with Crippen molar-refractivity contribution in [3.8, 4) is 0 Å². The molecule has 2 nitrogen and oxygen atoms in total. The minimum Gasteiger partial charge on any atom is -0.396 e. The first-order valence-corrected chi connectivity index (χ1v) is 14.1. The van der Waals surface area contributed by atoms with E-state index in [0.29, 0.717) is 0 Å². The highest BCUT2D eigenvalue weighted by molar-refractivity contribution is 7.99. The molecule has 33 heavy (non-hydrogen) atoms. The second-order valence-electron chi connectivity index (χ2n) is 10.0. The average Bonchev–Trinajstić information content (AvgIpc) is 2.84. The Balaban J connectivity index is 1.55. The summed E-state index contributed by atoms with van der Waals surface area (Å²) in [5, 5.41) is 19.1. The summed E-state index contributed by atoms with van der Waals surface area (Å²) in [6, 6.07) is 21.4. The van der Waals surface area contributed by atoms with Crippen LogP contribution in [0.1, 0.15) is 89.2 Å². The number of aliphatic hydroxyl groups is 2. The van der Waals surface area contributed by atoms with Crippen LogP contribution in [0.25, 0.3) is 0 Å². The van der Waals surface area contributed by atoms with Crippen LogP contribution >= 0.6 is 11.8 Å². The summed E-state index contributed by atoms with van der Waals surface area (Å²) in [5.74, 6) is 2.52. The standard InChI is InChI=1S/C30H46O2S/c1-29(21-23-31,27-15-7-3-8-16-27)19-11-5-13-25-33-26-14-6-12-20-30(2,22-24-32)28-17-9-4-10-18-28/h3-4,7-10,15-18,31-32H,5-6,11-14,19-26H2,1-2H3. The summed E-state index contributed by atoms with van der Waals surface area (Å²) in [5.41, 5.74) is 2.90. The summed E-state index contributed by atoms with van der Waals surface area (Å²) in [7, 11) is 0. The lowest BCUT2D eigenvalue weighted by Crippen LogP contribution is -2.23. The number of hydrogen-bond acceptors (Lipinski definition) is 3.